The molecule has 0 spiro atoms. The second-order valence-electron chi connectivity index (χ2n) is 1.96. The number of rotatable bonds is 1. The van der Waals surface area contributed by atoms with Gasteiger partial charge >= 0.3 is 0 Å². The Labute approximate surface area is 56.4 Å². The molecule has 2 aromatic heterocycles. The van der Waals surface area contributed by atoms with E-state index < -0.39 is 0 Å². The van der Waals surface area contributed by atoms with Gasteiger partial charge in [0.05, 0.1) is 11.8 Å². The van der Waals surface area contributed by atoms with Crippen molar-refractivity contribution in [1.29, 1.82) is 5.53 Å². The number of aromatic amines is 1. The Morgan fingerprint density at radius 1 is 1.60 bits per heavy atom. The van der Waals surface area contributed by atoms with Crippen molar-refractivity contribution in [2.24, 2.45) is 5.11 Å². The molecule has 10 heavy (non-hydrogen) atoms. The first kappa shape index (κ1) is 5.22. The Kier molecular flexibility index (Phi) is 0.887. The lowest BCUT2D eigenvalue weighted by molar-refractivity contribution is 0.616. The summed E-state index contributed by atoms with van der Waals surface area (Å²) < 4.78 is 5.03. The first-order valence-electron chi connectivity index (χ1n) is 2.84. The fourth-order valence-electron chi connectivity index (χ4n) is 0.894. The predicted molar refractivity (Wildman–Crippen MR) is 35.4 cm³/mol. The smallest absolute Gasteiger partial charge is 0.156 e. The van der Waals surface area contributed by atoms with Crippen molar-refractivity contribution >= 4 is 16.9 Å². The molecule has 0 saturated heterocycles. The number of hydrogen-bond acceptors (Lipinski definition) is 3. The molecule has 0 amide bonds. The Hall–Kier alpha value is -1.58. The summed E-state index contributed by atoms with van der Waals surface area (Å²) in [7, 11) is 0. The molecule has 0 unspecified atom stereocenters. The number of aromatic nitrogens is 1. The van der Waals surface area contributed by atoms with Crippen LogP contribution in [-0.2, 0) is 0 Å². The fourth-order valence-corrected chi connectivity index (χ4v) is 0.894. The Morgan fingerprint density at radius 3 is 3.20 bits per heavy atom. The summed E-state index contributed by atoms with van der Waals surface area (Å²) >= 11 is 0. The summed E-state index contributed by atoms with van der Waals surface area (Å²) in [5, 5.41) is 3.21. The molecule has 0 aliphatic heterocycles. The largest absolute Gasteiger partial charge is 0.463 e. The summed E-state index contributed by atoms with van der Waals surface area (Å²) in [5.41, 5.74) is 8.29. The third-order valence-electron chi connectivity index (χ3n) is 1.35. The Morgan fingerprint density at radius 2 is 2.50 bits per heavy atom. The molecule has 0 aromatic carbocycles. The van der Waals surface area contributed by atoms with E-state index in [-0.39, 0.29) is 0 Å². The molecule has 0 atom stereocenters. The van der Waals surface area contributed by atoms with Crippen LogP contribution in [0.5, 0.6) is 0 Å². The molecule has 0 bridgehead atoms. The maximum absolute atomic E-state index is 6.67. The summed E-state index contributed by atoms with van der Waals surface area (Å²) in [6.45, 7) is 0. The number of hydrogen-bond donors (Lipinski definition) is 2. The van der Waals surface area contributed by atoms with Crippen molar-refractivity contribution in [3.63, 3.8) is 0 Å². The Bertz CT molecular complexity index is 331. The highest BCUT2D eigenvalue weighted by molar-refractivity contribution is 5.77. The van der Waals surface area contributed by atoms with Gasteiger partial charge in [0, 0.05) is 12.1 Å². The van der Waals surface area contributed by atoms with Gasteiger partial charge in [-0.05, 0) is 0 Å². The minimum atomic E-state index is 0.523. The van der Waals surface area contributed by atoms with Gasteiger partial charge in [-0.3, -0.25) is 0 Å². The lowest BCUT2D eigenvalue weighted by Crippen LogP contribution is -1.56. The minimum absolute atomic E-state index is 0.523. The highest BCUT2D eigenvalue weighted by Crippen LogP contribution is 2.20. The normalized spacial score (nSPS) is 10.4. The van der Waals surface area contributed by atoms with Crippen LogP contribution in [0.1, 0.15) is 0 Å². The van der Waals surface area contributed by atoms with Crippen LogP contribution < -0.4 is 0 Å². The second kappa shape index (κ2) is 1.70. The van der Waals surface area contributed by atoms with Gasteiger partial charge < -0.3 is 9.40 Å². The van der Waals surface area contributed by atoms with Crippen LogP contribution in [0.3, 0.4) is 0 Å². The summed E-state index contributed by atoms with van der Waals surface area (Å²) in [4.78, 5) is 2.88. The van der Waals surface area contributed by atoms with Crippen LogP contribution in [0.15, 0.2) is 27.9 Å². The Balaban J connectivity index is 2.78. The number of nitrogens with zero attached hydrogens (tertiary/aromatic N) is 1. The minimum Gasteiger partial charge on any atom is -0.463 e. The van der Waals surface area contributed by atoms with E-state index in [1.54, 1.807) is 18.4 Å². The van der Waals surface area contributed by atoms with E-state index in [1.807, 2.05) is 0 Å². The third-order valence-corrected chi connectivity index (χ3v) is 1.35. The first-order valence-corrected chi connectivity index (χ1v) is 2.84. The number of fused-ring (bicyclic) bond motifs is 1. The number of H-pyrrole nitrogens is 1. The van der Waals surface area contributed by atoms with E-state index in [0.717, 1.165) is 11.1 Å². The first-order chi connectivity index (χ1) is 4.90. The maximum Gasteiger partial charge on any atom is 0.156 e. The quantitative estimate of drug-likeness (QED) is 0.579. The van der Waals surface area contributed by atoms with Crippen molar-refractivity contribution in [2.75, 3.05) is 0 Å². The van der Waals surface area contributed by atoms with Gasteiger partial charge in [0.15, 0.2) is 11.4 Å². The van der Waals surface area contributed by atoms with Crippen LogP contribution in [-0.4, -0.2) is 4.98 Å². The van der Waals surface area contributed by atoms with Gasteiger partial charge in [-0.1, -0.05) is 0 Å². The van der Waals surface area contributed by atoms with Crippen LogP contribution >= 0.6 is 0 Å². The summed E-state index contributed by atoms with van der Waals surface area (Å²) in [6.07, 6.45) is 1.59. The SMILES string of the molecule is N=Nc1cc2occc2[nH]1. The van der Waals surface area contributed by atoms with Crippen molar-refractivity contribution in [2.45, 2.75) is 0 Å². The topological polar surface area (TPSA) is 65.1 Å². The molecule has 2 heterocycles. The fraction of sp³-hybridized carbons (Fsp3) is 0. The van der Waals surface area contributed by atoms with Crippen LogP contribution in [0, 0.1) is 5.53 Å². The predicted octanol–water partition coefficient (Wildman–Crippen LogP) is 2.42. The van der Waals surface area contributed by atoms with E-state index in [0.29, 0.717) is 5.82 Å². The molecular weight excluding hydrogens is 130 g/mol. The highest BCUT2D eigenvalue weighted by Gasteiger charge is 1.99. The molecule has 2 N–H and O–H groups in total. The average molecular weight is 135 g/mol. The van der Waals surface area contributed by atoms with Crippen molar-refractivity contribution in [1.82, 2.24) is 4.98 Å². The summed E-state index contributed by atoms with van der Waals surface area (Å²) in [5.74, 6) is 0.523. The zero-order chi connectivity index (χ0) is 6.97. The van der Waals surface area contributed by atoms with E-state index in [2.05, 4.69) is 10.1 Å². The monoisotopic (exact) mass is 135 g/mol. The third kappa shape index (κ3) is 0.556. The van der Waals surface area contributed by atoms with E-state index >= 15 is 0 Å². The van der Waals surface area contributed by atoms with Gasteiger partial charge in [0.1, 0.15) is 0 Å². The van der Waals surface area contributed by atoms with Gasteiger partial charge in [0.25, 0.3) is 0 Å². The van der Waals surface area contributed by atoms with Crippen LogP contribution in [0.25, 0.3) is 11.1 Å². The lowest BCUT2D eigenvalue weighted by Gasteiger charge is -1.75. The van der Waals surface area contributed by atoms with E-state index in [4.69, 9.17) is 9.95 Å². The van der Waals surface area contributed by atoms with Crippen molar-refractivity contribution in [3.8, 4) is 0 Å². The standard InChI is InChI=1S/C6H5N3O/c7-9-6-3-5-4(8-6)1-2-10-5/h1-3,7-8H. The summed E-state index contributed by atoms with van der Waals surface area (Å²) in [6, 6.07) is 3.48. The van der Waals surface area contributed by atoms with E-state index in [9.17, 15) is 0 Å². The highest BCUT2D eigenvalue weighted by atomic mass is 16.3. The molecule has 0 saturated carbocycles. The van der Waals surface area contributed by atoms with Crippen molar-refractivity contribution < 1.29 is 4.42 Å². The molecule has 0 fully saturated rings. The molecule has 4 nitrogen and oxygen atoms in total. The van der Waals surface area contributed by atoms with Crippen LogP contribution in [0.4, 0.5) is 5.82 Å². The van der Waals surface area contributed by atoms with Gasteiger partial charge in [-0.2, -0.15) is 0 Å². The maximum atomic E-state index is 6.67. The zero-order valence-electron chi connectivity index (χ0n) is 5.09. The molecule has 0 radical (unpaired) electrons. The van der Waals surface area contributed by atoms with Gasteiger partial charge in [-0.15, -0.1) is 5.11 Å². The van der Waals surface area contributed by atoms with Gasteiger partial charge in [0.2, 0.25) is 0 Å². The van der Waals surface area contributed by atoms with Crippen LogP contribution in [0.2, 0.25) is 0 Å². The van der Waals surface area contributed by atoms with E-state index in [1.165, 1.54) is 0 Å². The van der Waals surface area contributed by atoms with Crippen molar-refractivity contribution in [3.05, 3.63) is 18.4 Å². The molecule has 2 rings (SSSR count). The second-order valence-corrected chi connectivity index (χ2v) is 1.96. The molecule has 0 aliphatic rings. The van der Waals surface area contributed by atoms with Gasteiger partial charge in [-0.25, -0.2) is 5.53 Å². The number of nitrogens with one attached hydrogen (secondary N) is 2. The zero-order valence-corrected chi connectivity index (χ0v) is 5.09. The molecule has 4 heteroatoms. The average Bonchev–Trinajstić information content (AvgIpc) is 2.42. The molecule has 2 aromatic rings. The number of furan rings is 1. The molecule has 0 aliphatic carbocycles. The molecule has 50 valence electrons. The lowest BCUT2D eigenvalue weighted by atomic mass is 10.5. The molecular formula is C6H5N3O.